The van der Waals surface area contributed by atoms with E-state index < -0.39 is 0 Å². The molecule has 1 aromatic carbocycles. The monoisotopic (exact) mass is 249 g/mol. The first kappa shape index (κ1) is 11.7. The molecule has 0 saturated carbocycles. The number of rotatable bonds is 2. The van der Waals surface area contributed by atoms with Crippen LogP contribution in [0.25, 0.3) is 0 Å². The van der Waals surface area contributed by atoms with Crippen molar-refractivity contribution in [2.24, 2.45) is 0 Å². The number of nitrogens with two attached hydrogens (primary N) is 1. The van der Waals surface area contributed by atoms with Crippen LogP contribution < -0.4 is 10.5 Å². The molecule has 4 nitrogen and oxygen atoms in total. The molecule has 1 heterocycles. The molecule has 17 heavy (non-hydrogen) atoms. The Bertz CT molecular complexity index is 557. The smallest absolute Gasteiger partial charge is 0.247 e. The summed E-state index contributed by atoms with van der Waals surface area (Å²) in [6.45, 7) is 3.98. The first-order valence-electron chi connectivity index (χ1n) is 5.09. The van der Waals surface area contributed by atoms with Crippen LogP contribution in [0.2, 0.25) is 5.15 Å². The Morgan fingerprint density at radius 1 is 1.24 bits per heavy atom. The van der Waals surface area contributed by atoms with E-state index in [-0.39, 0.29) is 16.7 Å². The van der Waals surface area contributed by atoms with Crippen LogP contribution in [0.4, 0.5) is 5.69 Å². The van der Waals surface area contributed by atoms with Crippen molar-refractivity contribution in [2.45, 2.75) is 13.8 Å². The molecule has 2 N–H and O–H groups in total. The van der Waals surface area contributed by atoms with Crippen LogP contribution in [-0.2, 0) is 0 Å². The highest BCUT2D eigenvalue weighted by Gasteiger charge is 2.09. The maximum Gasteiger partial charge on any atom is 0.247 e. The normalized spacial score (nSPS) is 10.3. The second kappa shape index (κ2) is 4.59. The molecule has 0 atom stereocenters. The number of anilines is 1. The molecule has 0 bridgehead atoms. The molecule has 2 rings (SSSR count). The van der Waals surface area contributed by atoms with Crippen molar-refractivity contribution >= 4 is 17.3 Å². The first-order chi connectivity index (χ1) is 8.08. The Morgan fingerprint density at radius 2 is 2.00 bits per heavy atom. The van der Waals surface area contributed by atoms with Gasteiger partial charge >= 0.3 is 0 Å². The standard InChI is InChI=1S/C12H12ClN3O/c1-7-3-4-9(8(2)5-7)17-12-10(14)11(13)15-6-16-12/h3-6H,14H2,1-2H3. The van der Waals surface area contributed by atoms with Gasteiger partial charge in [0, 0.05) is 0 Å². The van der Waals surface area contributed by atoms with Crippen LogP contribution in [0, 0.1) is 13.8 Å². The Balaban J connectivity index is 2.35. The SMILES string of the molecule is Cc1ccc(Oc2ncnc(Cl)c2N)c(C)c1. The molecule has 0 aliphatic carbocycles. The van der Waals surface area contributed by atoms with Gasteiger partial charge in [0.15, 0.2) is 5.15 Å². The summed E-state index contributed by atoms with van der Waals surface area (Å²) >= 11 is 5.79. The summed E-state index contributed by atoms with van der Waals surface area (Å²) < 4.78 is 5.62. The van der Waals surface area contributed by atoms with E-state index in [0.717, 1.165) is 5.56 Å². The number of hydrogen-bond donors (Lipinski definition) is 1. The highest BCUT2D eigenvalue weighted by molar-refractivity contribution is 6.32. The molecular formula is C12H12ClN3O. The Kier molecular flexibility index (Phi) is 3.15. The predicted molar refractivity (Wildman–Crippen MR) is 67.4 cm³/mol. The van der Waals surface area contributed by atoms with Gasteiger partial charge in [-0.25, -0.2) is 4.98 Å². The highest BCUT2D eigenvalue weighted by atomic mass is 35.5. The largest absolute Gasteiger partial charge is 0.437 e. The molecule has 88 valence electrons. The van der Waals surface area contributed by atoms with Crippen LogP contribution in [0.15, 0.2) is 24.5 Å². The molecule has 1 aromatic heterocycles. The molecule has 0 spiro atoms. The van der Waals surface area contributed by atoms with E-state index in [1.807, 2.05) is 32.0 Å². The van der Waals surface area contributed by atoms with Crippen molar-refractivity contribution in [3.8, 4) is 11.6 Å². The van der Waals surface area contributed by atoms with Gasteiger partial charge < -0.3 is 10.5 Å². The molecule has 2 aromatic rings. The second-order valence-electron chi connectivity index (χ2n) is 3.75. The second-order valence-corrected chi connectivity index (χ2v) is 4.11. The lowest BCUT2D eigenvalue weighted by Gasteiger charge is -2.10. The highest BCUT2D eigenvalue weighted by Crippen LogP contribution is 2.30. The fourth-order valence-electron chi connectivity index (χ4n) is 1.46. The quantitative estimate of drug-likeness (QED) is 0.831. The minimum atomic E-state index is 0.194. The summed E-state index contributed by atoms with van der Waals surface area (Å²) in [6, 6.07) is 5.86. The Labute approximate surface area is 104 Å². The molecule has 0 amide bonds. The summed E-state index contributed by atoms with van der Waals surface area (Å²) in [5.74, 6) is 0.981. The maximum absolute atomic E-state index is 5.79. The van der Waals surface area contributed by atoms with Crippen LogP contribution in [-0.4, -0.2) is 9.97 Å². The average molecular weight is 250 g/mol. The third-order valence-corrected chi connectivity index (χ3v) is 2.64. The van der Waals surface area contributed by atoms with Gasteiger partial charge in [-0.15, -0.1) is 0 Å². The van der Waals surface area contributed by atoms with Crippen LogP contribution in [0.5, 0.6) is 11.6 Å². The van der Waals surface area contributed by atoms with Gasteiger partial charge in [-0.1, -0.05) is 29.3 Å². The lowest BCUT2D eigenvalue weighted by molar-refractivity contribution is 0.460. The fraction of sp³-hybridized carbons (Fsp3) is 0.167. The van der Waals surface area contributed by atoms with Crippen molar-refractivity contribution in [3.05, 3.63) is 40.8 Å². The molecule has 0 fully saturated rings. The summed E-state index contributed by atoms with van der Waals surface area (Å²) in [7, 11) is 0. The summed E-state index contributed by atoms with van der Waals surface area (Å²) in [6.07, 6.45) is 1.32. The summed E-state index contributed by atoms with van der Waals surface area (Å²) in [5.41, 5.74) is 8.16. The average Bonchev–Trinajstić information content (AvgIpc) is 2.28. The molecule has 5 heteroatoms. The van der Waals surface area contributed by atoms with Gasteiger partial charge in [-0.3, -0.25) is 0 Å². The van der Waals surface area contributed by atoms with E-state index in [2.05, 4.69) is 9.97 Å². The van der Waals surface area contributed by atoms with Gasteiger partial charge in [0.25, 0.3) is 0 Å². The van der Waals surface area contributed by atoms with Gasteiger partial charge in [-0.05, 0) is 25.5 Å². The van der Waals surface area contributed by atoms with E-state index in [9.17, 15) is 0 Å². The number of benzene rings is 1. The number of halogens is 1. The lowest BCUT2D eigenvalue weighted by atomic mass is 10.1. The fourth-order valence-corrected chi connectivity index (χ4v) is 1.58. The minimum Gasteiger partial charge on any atom is -0.437 e. The number of hydrogen-bond acceptors (Lipinski definition) is 4. The van der Waals surface area contributed by atoms with E-state index >= 15 is 0 Å². The van der Waals surface area contributed by atoms with Crippen molar-refractivity contribution in [1.82, 2.24) is 9.97 Å². The van der Waals surface area contributed by atoms with Crippen molar-refractivity contribution in [1.29, 1.82) is 0 Å². The summed E-state index contributed by atoms with van der Waals surface area (Å²) in [5, 5.41) is 0.194. The van der Waals surface area contributed by atoms with Crippen LogP contribution in [0.1, 0.15) is 11.1 Å². The van der Waals surface area contributed by atoms with Crippen LogP contribution in [0.3, 0.4) is 0 Å². The molecule has 0 aliphatic rings. The minimum absolute atomic E-state index is 0.194. The van der Waals surface area contributed by atoms with Crippen molar-refractivity contribution in [2.75, 3.05) is 5.73 Å². The lowest BCUT2D eigenvalue weighted by Crippen LogP contribution is -1.98. The molecular weight excluding hydrogens is 238 g/mol. The zero-order valence-electron chi connectivity index (χ0n) is 9.57. The topological polar surface area (TPSA) is 61.0 Å². The Morgan fingerprint density at radius 3 is 2.71 bits per heavy atom. The summed E-state index contributed by atoms with van der Waals surface area (Å²) in [4.78, 5) is 7.72. The number of nitrogens with zero attached hydrogens (tertiary/aromatic N) is 2. The number of nitrogen functional groups attached to an aromatic ring is 1. The maximum atomic E-state index is 5.79. The van der Waals surface area contributed by atoms with Crippen LogP contribution >= 0.6 is 11.6 Å². The number of aromatic nitrogens is 2. The van der Waals surface area contributed by atoms with E-state index in [1.54, 1.807) is 0 Å². The third-order valence-electron chi connectivity index (χ3n) is 2.34. The first-order valence-corrected chi connectivity index (χ1v) is 5.47. The van der Waals surface area contributed by atoms with Gasteiger partial charge in [0.1, 0.15) is 17.8 Å². The van der Waals surface area contributed by atoms with Crippen molar-refractivity contribution < 1.29 is 4.74 Å². The van der Waals surface area contributed by atoms with E-state index in [1.165, 1.54) is 11.9 Å². The molecule has 0 saturated heterocycles. The van der Waals surface area contributed by atoms with E-state index in [0.29, 0.717) is 5.75 Å². The third kappa shape index (κ3) is 2.47. The van der Waals surface area contributed by atoms with Crippen molar-refractivity contribution in [3.63, 3.8) is 0 Å². The van der Waals surface area contributed by atoms with E-state index in [4.69, 9.17) is 22.1 Å². The van der Waals surface area contributed by atoms with Gasteiger partial charge in [0.05, 0.1) is 0 Å². The molecule has 0 unspecified atom stereocenters. The number of ether oxygens (including phenoxy) is 1. The van der Waals surface area contributed by atoms with Gasteiger partial charge in [0.2, 0.25) is 5.88 Å². The predicted octanol–water partition coefficient (Wildman–Crippen LogP) is 3.12. The molecule has 0 aliphatic heterocycles. The van der Waals surface area contributed by atoms with Gasteiger partial charge in [-0.2, -0.15) is 4.98 Å². The molecule has 0 radical (unpaired) electrons. The zero-order chi connectivity index (χ0) is 12.4. The Hall–Kier alpha value is -1.81. The zero-order valence-corrected chi connectivity index (χ0v) is 10.3. The number of aryl methyl sites for hydroxylation is 2.